The Labute approximate surface area is 99.0 Å². The Balaban J connectivity index is 0.00000169. The maximum absolute atomic E-state index is 12.6. The van der Waals surface area contributed by atoms with Crippen LogP contribution in [0.3, 0.4) is 0 Å². The van der Waals surface area contributed by atoms with Gasteiger partial charge in [0.1, 0.15) is 12.4 Å². The van der Waals surface area contributed by atoms with Crippen molar-refractivity contribution in [2.45, 2.75) is 6.30 Å². The molecule has 1 aromatic heterocycles. The average molecular weight is 211 g/mol. The number of hydrogen-bond acceptors (Lipinski definition) is 5. The van der Waals surface area contributed by atoms with Crippen LogP contribution in [-0.4, -0.2) is 20.7 Å². The first kappa shape index (κ1) is 13.0. The van der Waals surface area contributed by atoms with Gasteiger partial charge in [0, 0.05) is 0 Å². The maximum Gasteiger partial charge on any atom is 1.00 e. The van der Waals surface area contributed by atoms with Crippen LogP contribution in [0.1, 0.15) is 6.30 Å². The number of hydrogen-bond donors (Lipinski definition) is 0. The molecule has 0 aliphatic heterocycles. The molecular weight excluding hydrogens is 208 g/mol. The summed E-state index contributed by atoms with van der Waals surface area (Å²) in [4.78, 5) is 19.2. The molecule has 1 heterocycles. The zero-order valence-corrected chi connectivity index (χ0v) is 9.08. The molecular formula is C5H3FN3NaO4. The molecule has 0 fully saturated rings. The molecule has 0 bridgehead atoms. The molecule has 7 nitrogen and oxygen atoms in total. The fraction of sp³-hybridized carbons (Fsp3) is 0.200. The third-order valence-electron chi connectivity index (χ3n) is 1.23. The van der Waals surface area contributed by atoms with Crippen molar-refractivity contribution < 1.29 is 48.8 Å². The second-order valence-electron chi connectivity index (χ2n) is 2.09. The summed E-state index contributed by atoms with van der Waals surface area (Å²) in [5, 5.41) is 23.2. The van der Waals surface area contributed by atoms with E-state index < -0.39 is 22.9 Å². The van der Waals surface area contributed by atoms with Crippen LogP contribution in [-0.2, 0) is 4.79 Å². The van der Waals surface area contributed by atoms with Crippen LogP contribution in [0.25, 0.3) is 0 Å². The molecule has 0 aliphatic rings. The van der Waals surface area contributed by atoms with Crippen molar-refractivity contribution in [3.63, 3.8) is 0 Å². The minimum Gasteiger partial charge on any atom is -0.545 e. The minimum absolute atomic E-state index is 0. The Hall–Kier alpha value is -0.990. The molecule has 70 valence electrons. The molecule has 1 unspecified atom stereocenters. The second-order valence-corrected chi connectivity index (χ2v) is 2.09. The monoisotopic (exact) mass is 211 g/mol. The summed E-state index contributed by atoms with van der Waals surface area (Å²) < 4.78 is 12.8. The van der Waals surface area contributed by atoms with Crippen molar-refractivity contribution in [1.29, 1.82) is 0 Å². The minimum atomic E-state index is -2.51. The largest absolute Gasteiger partial charge is 1.00 e. The number of aliphatic carboxylic acids is 1. The van der Waals surface area contributed by atoms with E-state index in [1.165, 1.54) is 0 Å². The topological polar surface area (TPSA) is 101 Å². The van der Waals surface area contributed by atoms with E-state index in [1.54, 1.807) is 0 Å². The molecule has 0 N–H and O–H groups in total. The molecule has 0 saturated heterocycles. The SMILES string of the molecule is O=C([O-])C(F)n1cc([N+](=O)[O-])cn1.[Na+]. The first-order valence-electron chi connectivity index (χ1n) is 3.06. The Morgan fingerprint density at radius 2 is 2.29 bits per heavy atom. The average Bonchev–Trinajstić information content (AvgIpc) is 2.50. The predicted molar refractivity (Wildman–Crippen MR) is 34.0 cm³/mol. The van der Waals surface area contributed by atoms with E-state index in [-0.39, 0.29) is 29.6 Å². The van der Waals surface area contributed by atoms with E-state index in [0.717, 1.165) is 6.20 Å². The molecule has 14 heavy (non-hydrogen) atoms. The van der Waals surface area contributed by atoms with E-state index in [4.69, 9.17) is 0 Å². The van der Waals surface area contributed by atoms with E-state index in [1.807, 2.05) is 0 Å². The molecule has 0 aliphatic carbocycles. The van der Waals surface area contributed by atoms with E-state index in [2.05, 4.69) is 5.10 Å². The summed E-state index contributed by atoms with van der Waals surface area (Å²) in [5.41, 5.74) is -0.482. The van der Waals surface area contributed by atoms with Gasteiger partial charge in [-0.25, -0.2) is 9.07 Å². The number of aromatic nitrogens is 2. The molecule has 9 heteroatoms. The van der Waals surface area contributed by atoms with E-state index in [9.17, 15) is 24.4 Å². The number of halogens is 1. The molecule has 0 saturated carbocycles. The second kappa shape index (κ2) is 5.03. The van der Waals surface area contributed by atoms with Gasteiger partial charge < -0.3 is 9.90 Å². The van der Waals surface area contributed by atoms with Crippen molar-refractivity contribution >= 4 is 11.7 Å². The normalized spacial score (nSPS) is 11.5. The molecule has 1 aromatic rings. The fourth-order valence-electron chi connectivity index (χ4n) is 0.654. The number of carboxylic acid groups (broad SMARTS) is 1. The summed E-state index contributed by atoms with van der Waals surface area (Å²) in [5.74, 6) is -2.00. The Morgan fingerprint density at radius 3 is 2.64 bits per heavy atom. The molecule has 0 radical (unpaired) electrons. The van der Waals surface area contributed by atoms with Gasteiger partial charge in [-0.05, 0) is 0 Å². The smallest absolute Gasteiger partial charge is 0.545 e. The third kappa shape index (κ3) is 2.76. The summed E-state index contributed by atoms with van der Waals surface area (Å²) in [7, 11) is 0. The number of carboxylic acids is 1. The molecule has 0 spiro atoms. The van der Waals surface area contributed by atoms with Crippen molar-refractivity contribution in [3.8, 4) is 0 Å². The van der Waals surface area contributed by atoms with Crippen LogP contribution >= 0.6 is 0 Å². The fourth-order valence-corrected chi connectivity index (χ4v) is 0.654. The van der Waals surface area contributed by atoms with Gasteiger partial charge in [-0.1, -0.05) is 0 Å². The first-order chi connectivity index (χ1) is 6.02. The molecule has 0 amide bonds. The van der Waals surface area contributed by atoms with Gasteiger partial charge in [-0.3, -0.25) is 10.1 Å². The Kier molecular flexibility index (Phi) is 4.68. The van der Waals surface area contributed by atoms with Gasteiger partial charge in [0.05, 0.1) is 10.9 Å². The standard InChI is InChI=1S/C5H4FN3O4.Na/c6-4(5(10)11)8-2-3(1-7-8)9(12)13;/h1-2,4H,(H,10,11);/q;+1/p-1. The van der Waals surface area contributed by atoms with Crippen LogP contribution < -0.4 is 34.7 Å². The van der Waals surface area contributed by atoms with Crippen molar-refractivity contribution in [2.24, 2.45) is 0 Å². The van der Waals surface area contributed by atoms with Gasteiger partial charge in [-0.2, -0.15) is 5.10 Å². The maximum atomic E-state index is 12.6. The van der Waals surface area contributed by atoms with E-state index in [0.29, 0.717) is 10.9 Å². The van der Waals surface area contributed by atoms with Crippen LogP contribution in [0.4, 0.5) is 10.1 Å². The molecule has 0 aromatic carbocycles. The van der Waals surface area contributed by atoms with Gasteiger partial charge in [0.15, 0.2) is 0 Å². The number of alkyl halides is 1. The van der Waals surface area contributed by atoms with Gasteiger partial charge in [0.2, 0.25) is 6.30 Å². The van der Waals surface area contributed by atoms with Crippen LogP contribution in [0, 0.1) is 10.1 Å². The number of nitro groups is 1. The van der Waals surface area contributed by atoms with Gasteiger partial charge in [-0.15, -0.1) is 0 Å². The van der Waals surface area contributed by atoms with Crippen LogP contribution in [0.15, 0.2) is 12.4 Å². The van der Waals surface area contributed by atoms with Gasteiger partial charge in [0.25, 0.3) is 0 Å². The zero-order valence-electron chi connectivity index (χ0n) is 7.08. The Bertz CT molecular complexity index is 355. The summed E-state index contributed by atoms with van der Waals surface area (Å²) >= 11 is 0. The third-order valence-corrected chi connectivity index (χ3v) is 1.23. The van der Waals surface area contributed by atoms with Crippen molar-refractivity contribution in [1.82, 2.24) is 9.78 Å². The Morgan fingerprint density at radius 1 is 1.71 bits per heavy atom. The summed E-state index contributed by atoms with van der Waals surface area (Å²) in [6, 6.07) is 0. The number of carbonyl (C=O) groups is 1. The van der Waals surface area contributed by atoms with Gasteiger partial charge >= 0.3 is 35.2 Å². The number of rotatable bonds is 3. The summed E-state index contributed by atoms with van der Waals surface area (Å²) in [6.45, 7) is 0. The zero-order chi connectivity index (χ0) is 10.0. The number of carbonyl (C=O) groups excluding carboxylic acids is 1. The number of nitrogens with zero attached hydrogens (tertiary/aromatic N) is 3. The molecule has 1 atom stereocenters. The van der Waals surface area contributed by atoms with Crippen LogP contribution in [0.2, 0.25) is 0 Å². The predicted octanol–water partition coefficient (Wildman–Crippen LogP) is -3.99. The quantitative estimate of drug-likeness (QED) is 0.288. The first-order valence-corrected chi connectivity index (χ1v) is 3.06. The summed E-state index contributed by atoms with van der Waals surface area (Å²) in [6.07, 6.45) is -1.09. The van der Waals surface area contributed by atoms with Crippen LogP contribution in [0.5, 0.6) is 0 Å². The molecule has 1 rings (SSSR count). The van der Waals surface area contributed by atoms with E-state index >= 15 is 0 Å². The van der Waals surface area contributed by atoms with Crippen molar-refractivity contribution in [3.05, 3.63) is 22.5 Å². The van der Waals surface area contributed by atoms with Crippen molar-refractivity contribution in [2.75, 3.05) is 0 Å².